The predicted octanol–water partition coefficient (Wildman–Crippen LogP) is 5.27. The molecule has 1 aromatic heterocycles. The van der Waals surface area contributed by atoms with Crippen LogP contribution < -0.4 is 10.2 Å². The van der Waals surface area contributed by atoms with E-state index in [1.54, 1.807) is 23.1 Å². The fourth-order valence-electron chi connectivity index (χ4n) is 3.77. The van der Waals surface area contributed by atoms with Gasteiger partial charge in [-0.2, -0.15) is 0 Å². The fourth-order valence-corrected chi connectivity index (χ4v) is 4.07. The third-order valence-corrected chi connectivity index (χ3v) is 5.99. The Bertz CT molecular complexity index is 1090. The van der Waals surface area contributed by atoms with Crippen molar-refractivity contribution < 1.29 is 14.0 Å². The summed E-state index contributed by atoms with van der Waals surface area (Å²) in [5.74, 6) is 0.508. The zero-order valence-corrected chi connectivity index (χ0v) is 18.9. The van der Waals surface area contributed by atoms with Crippen LogP contribution in [0.1, 0.15) is 46.2 Å². The molecule has 2 amide bonds. The Hall–Kier alpha value is -3.25. The van der Waals surface area contributed by atoms with Crippen LogP contribution in [0, 0.1) is 0 Å². The number of nitrogens with one attached hydrogen (secondary N) is 1. The number of carbonyl (C=O) groups excluding carboxylic acids is 2. The normalized spacial score (nSPS) is 14.0. The number of rotatable bonds is 5. The van der Waals surface area contributed by atoms with Gasteiger partial charge in [0.1, 0.15) is 0 Å². The van der Waals surface area contributed by atoms with Crippen molar-refractivity contribution >= 4 is 34.8 Å². The summed E-state index contributed by atoms with van der Waals surface area (Å²) in [4.78, 5) is 28.9. The van der Waals surface area contributed by atoms with E-state index in [0.29, 0.717) is 54.1 Å². The first-order chi connectivity index (χ1) is 15.4. The van der Waals surface area contributed by atoms with E-state index in [1.165, 1.54) is 11.8 Å². The average molecular weight is 452 g/mol. The minimum absolute atomic E-state index is 0.0970. The third-order valence-electron chi connectivity index (χ3n) is 5.68. The number of anilines is 2. The molecule has 7 heteroatoms. The van der Waals surface area contributed by atoms with Gasteiger partial charge in [-0.1, -0.05) is 37.6 Å². The summed E-state index contributed by atoms with van der Waals surface area (Å²) in [6.07, 6.45) is 1.50. The number of amides is 2. The van der Waals surface area contributed by atoms with E-state index in [1.807, 2.05) is 36.4 Å². The van der Waals surface area contributed by atoms with Crippen LogP contribution in [-0.4, -0.2) is 42.9 Å². The lowest BCUT2D eigenvalue weighted by Crippen LogP contribution is -2.48. The van der Waals surface area contributed by atoms with Crippen LogP contribution in [0.3, 0.4) is 0 Å². The molecular formula is C25H26ClN3O3. The lowest BCUT2D eigenvalue weighted by atomic mass is 10.0. The van der Waals surface area contributed by atoms with Gasteiger partial charge in [-0.25, -0.2) is 0 Å². The minimum atomic E-state index is -0.172. The summed E-state index contributed by atoms with van der Waals surface area (Å²) in [5, 5.41) is 3.47. The van der Waals surface area contributed by atoms with Gasteiger partial charge in [0.05, 0.1) is 17.0 Å². The molecule has 3 aromatic rings. The molecule has 0 aliphatic carbocycles. The first kappa shape index (κ1) is 22.0. The van der Waals surface area contributed by atoms with Crippen LogP contribution in [0.4, 0.5) is 11.4 Å². The van der Waals surface area contributed by atoms with Gasteiger partial charge in [-0.15, -0.1) is 0 Å². The Balaban J connectivity index is 1.37. The largest absolute Gasteiger partial charge is 0.459 e. The Labute approximate surface area is 192 Å². The monoisotopic (exact) mass is 451 g/mol. The molecular weight excluding hydrogens is 426 g/mol. The molecule has 0 spiro atoms. The van der Waals surface area contributed by atoms with E-state index in [-0.39, 0.29) is 11.8 Å². The lowest BCUT2D eigenvalue weighted by Gasteiger charge is -2.36. The van der Waals surface area contributed by atoms with Crippen molar-refractivity contribution in [2.45, 2.75) is 19.8 Å². The SMILES string of the molecule is CC(C)c1ccc(C(=O)Nc2ccc(N3CCN(C(=O)c4ccco4)CC3)c(Cl)c2)cc1. The maximum Gasteiger partial charge on any atom is 0.289 e. The topological polar surface area (TPSA) is 65.8 Å². The summed E-state index contributed by atoms with van der Waals surface area (Å²) in [6, 6.07) is 16.5. The first-order valence-electron chi connectivity index (χ1n) is 10.7. The van der Waals surface area contributed by atoms with Gasteiger partial charge in [0, 0.05) is 37.4 Å². The number of nitrogens with zero attached hydrogens (tertiary/aromatic N) is 2. The molecule has 4 rings (SSSR count). The van der Waals surface area contributed by atoms with Crippen molar-refractivity contribution in [3.8, 4) is 0 Å². The number of hydrogen-bond acceptors (Lipinski definition) is 4. The number of benzene rings is 2. The highest BCUT2D eigenvalue weighted by molar-refractivity contribution is 6.33. The maximum atomic E-state index is 12.6. The minimum Gasteiger partial charge on any atom is -0.459 e. The molecule has 32 heavy (non-hydrogen) atoms. The second-order valence-electron chi connectivity index (χ2n) is 8.15. The molecule has 0 saturated carbocycles. The fraction of sp³-hybridized carbons (Fsp3) is 0.280. The summed E-state index contributed by atoms with van der Waals surface area (Å²) in [6.45, 7) is 6.74. The third kappa shape index (κ3) is 4.81. The van der Waals surface area contributed by atoms with Crippen LogP contribution in [0.5, 0.6) is 0 Å². The molecule has 2 heterocycles. The summed E-state index contributed by atoms with van der Waals surface area (Å²) >= 11 is 6.54. The molecule has 1 N–H and O–H groups in total. The maximum absolute atomic E-state index is 12.6. The van der Waals surface area contributed by atoms with Gasteiger partial charge >= 0.3 is 0 Å². The van der Waals surface area contributed by atoms with E-state index >= 15 is 0 Å². The molecule has 1 aliphatic rings. The standard InChI is InChI=1S/C25H26ClN3O3/c1-17(2)18-5-7-19(8-6-18)24(30)27-20-9-10-22(21(26)16-20)28-11-13-29(14-12-28)25(31)23-4-3-15-32-23/h3-10,15-17H,11-14H2,1-2H3,(H,27,30). The molecule has 0 unspecified atom stereocenters. The molecule has 6 nitrogen and oxygen atoms in total. The molecule has 2 aromatic carbocycles. The number of hydrogen-bond donors (Lipinski definition) is 1. The second-order valence-corrected chi connectivity index (χ2v) is 8.56. The Morgan fingerprint density at radius 1 is 1.00 bits per heavy atom. The van der Waals surface area contributed by atoms with Gasteiger partial charge in [-0.3, -0.25) is 9.59 Å². The van der Waals surface area contributed by atoms with Gasteiger partial charge in [-0.05, 0) is 53.9 Å². The van der Waals surface area contributed by atoms with E-state index in [9.17, 15) is 9.59 Å². The summed E-state index contributed by atoms with van der Waals surface area (Å²) in [7, 11) is 0. The number of carbonyl (C=O) groups is 2. The van der Waals surface area contributed by atoms with Crippen molar-refractivity contribution in [2.75, 3.05) is 36.4 Å². The van der Waals surface area contributed by atoms with Gasteiger partial charge in [0.2, 0.25) is 0 Å². The van der Waals surface area contributed by atoms with E-state index in [0.717, 1.165) is 5.69 Å². The van der Waals surface area contributed by atoms with Crippen molar-refractivity contribution in [2.24, 2.45) is 0 Å². The number of piperazine rings is 1. The summed E-state index contributed by atoms with van der Waals surface area (Å²) in [5.41, 5.74) is 3.33. The van der Waals surface area contributed by atoms with Crippen LogP contribution >= 0.6 is 11.6 Å². The highest BCUT2D eigenvalue weighted by Gasteiger charge is 2.24. The quantitative estimate of drug-likeness (QED) is 0.573. The highest BCUT2D eigenvalue weighted by Crippen LogP contribution is 2.30. The molecule has 166 valence electrons. The smallest absolute Gasteiger partial charge is 0.289 e. The number of furan rings is 1. The van der Waals surface area contributed by atoms with E-state index in [4.69, 9.17) is 16.0 Å². The van der Waals surface area contributed by atoms with Crippen LogP contribution in [0.25, 0.3) is 0 Å². The van der Waals surface area contributed by atoms with Crippen molar-refractivity contribution in [1.82, 2.24) is 4.90 Å². The lowest BCUT2D eigenvalue weighted by molar-refractivity contribution is 0.0714. The van der Waals surface area contributed by atoms with E-state index in [2.05, 4.69) is 24.1 Å². The Morgan fingerprint density at radius 3 is 2.31 bits per heavy atom. The molecule has 1 aliphatic heterocycles. The average Bonchev–Trinajstić information content (AvgIpc) is 3.34. The van der Waals surface area contributed by atoms with Crippen LogP contribution in [0.2, 0.25) is 5.02 Å². The van der Waals surface area contributed by atoms with Gasteiger partial charge in [0.25, 0.3) is 11.8 Å². The highest BCUT2D eigenvalue weighted by atomic mass is 35.5. The van der Waals surface area contributed by atoms with Crippen LogP contribution in [-0.2, 0) is 0 Å². The van der Waals surface area contributed by atoms with Crippen LogP contribution in [0.15, 0.2) is 65.3 Å². The Kier molecular flexibility index (Phi) is 6.51. The van der Waals surface area contributed by atoms with Crippen molar-refractivity contribution in [1.29, 1.82) is 0 Å². The molecule has 0 atom stereocenters. The zero-order valence-electron chi connectivity index (χ0n) is 18.2. The second kappa shape index (κ2) is 9.49. The van der Waals surface area contributed by atoms with E-state index < -0.39 is 0 Å². The van der Waals surface area contributed by atoms with Gasteiger partial charge in [0.15, 0.2) is 5.76 Å². The van der Waals surface area contributed by atoms with Gasteiger partial charge < -0.3 is 19.5 Å². The van der Waals surface area contributed by atoms with Crippen molar-refractivity contribution in [3.05, 3.63) is 82.8 Å². The Morgan fingerprint density at radius 2 is 1.72 bits per heavy atom. The molecule has 1 fully saturated rings. The predicted molar refractivity (Wildman–Crippen MR) is 127 cm³/mol. The zero-order chi connectivity index (χ0) is 22.7. The molecule has 1 saturated heterocycles. The first-order valence-corrected chi connectivity index (χ1v) is 11.1. The molecule has 0 radical (unpaired) electrons. The number of halogens is 1. The van der Waals surface area contributed by atoms with Crippen molar-refractivity contribution in [3.63, 3.8) is 0 Å². The molecule has 0 bridgehead atoms. The summed E-state index contributed by atoms with van der Waals surface area (Å²) < 4.78 is 5.21.